The van der Waals surface area contributed by atoms with Gasteiger partial charge in [-0.05, 0) is 71.1 Å². The van der Waals surface area contributed by atoms with Crippen molar-refractivity contribution in [1.82, 2.24) is 15.5 Å². The Morgan fingerprint density at radius 2 is 1.62 bits per heavy atom. The number of aromatic hydroxyl groups is 1. The summed E-state index contributed by atoms with van der Waals surface area (Å²) in [6.45, 7) is 1.63. The predicted molar refractivity (Wildman–Crippen MR) is 148 cm³/mol. The zero-order chi connectivity index (χ0) is 30.0. The van der Waals surface area contributed by atoms with Gasteiger partial charge in [0.2, 0.25) is 5.89 Å². The number of phenolic OH excluding ortho intramolecular Hbond substituents is 1. The first-order chi connectivity index (χ1) is 20.0. The zero-order valence-electron chi connectivity index (χ0n) is 21.9. The van der Waals surface area contributed by atoms with Gasteiger partial charge in [0, 0.05) is 6.42 Å². The van der Waals surface area contributed by atoms with Crippen LogP contribution in [-0.2, 0) is 12.6 Å². The van der Waals surface area contributed by atoms with Crippen LogP contribution in [0.4, 0.5) is 17.6 Å². The fraction of sp³-hybridized carbons (Fsp3) is 0.129. The molecule has 0 saturated heterocycles. The quantitative estimate of drug-likeness (QED) is 0.186. The molecule has 42 heavy (non-hydrogen) atoms. The summed E-state index contributed by atoms with van der Waals surface area (Å²) in [6.07, 6.45) is -4.26. The number of rotatable bonds is 7. The van der Waals surface area contributed by atoms with Crippen molar-refractivity contribution in [3.8, 4) is 28.0 Å². The third-order valence-corrected chi connectivity index (χ3v) is 6.84. The Morgan fingerprint density at radius 3 is 2.29 bits per heavy atom. The maximum Gasteiger partial charge on any atom is 0.416 e. The summed E-state index contributed by atoms with van der Waals surface area (Å²) in [5, 5.41) is 17.1. The zero-order valence-corrected chi connectivity index (χ0v) is 22.7. The van der Waals surface area contributed by atoms with Crippen LogP contribution >= 0.6 is 11.6 Å². The average Bonchev–Trinajstić information content (AvgIpc) is 3.40. The molecule has 0 bridgehead atoms. The fourth-order valence-corrected chi connectivity index (χ4v) is 4.61. The van der Waals surface area contributed by atoms with E-state index < -0.39 is 29.5 Å². The molecule has 1 amide bonds. The van der Waals surface area contributed by atoms with Gasteiger partial charge in [-0.2, -0.15) is 18.2 Å². The van der Waals surface area contributed by atoms with Gasteiger partial charge in [-0.15, -0.1) is 0 Å². The van der Waals surface area contributed by atoms with Crippen LogP contribution in [0.2, 0.25) is 5.02 Å². The van der Waals surface area contributed by atoms with E-state index in [9.17, 15) is 27.5 Å². The van der Waals surface area contributed by atoms with Gasteiger partial charge in [-0.1, -0.05) is 65.3 Å². The molecule has 0 saturated carbocycles. The Labute approximate surface area is 242 Å². The average molecular weight is 596 g/mol. The topological polar surface area (TPSA) is 88.2 Å². The Kier molecular flexibility index (Phi) is 8.00. The standard InChI is InChI=1S/C31H22ClF4N3O3/c1-17-37-30(42-39-17)27(14-18-3-2-4-20(13-18)22-7-11-26(33)25(32)16-22)38-29(41)24-15-21(8-12-28(24)40)19-5-9-23(10-6-19)31(34,35)36/h2-13,15-16,27,40H,14H2,1H3,(H,38,41)/t27-/m1/s1. The number of amides is 1. The Morgan fingerprint density at radius 1 is 0.952 bits per heavy atom. The molecule has 5 aromatic rings. The van der Waals surface area contributed by atoms with Crippen molar-refractivity contribution in [2.24, 2.45) is 0 Å². The van der Waals surface area contributed by atoms with Crippen LogP contribution in [0, 0.1) is 12.7 Å². The van der Waals surface area contributed by atoms with Crippen LogP contribution in [0.25, 0.3) is 22.3 Å². The van der Waals surface area contributed by atoms with Crippen LogP contribution in [0.3, 0.4) is 0 Å². The number of halogens is 5. The number of hydrogen-bond acceptors (Lipinski definition) is 5. The predicted octanol–water partition coefficient (Wildman–Crippen LogP) is 7.94. The summed E-state index contributed by atoms with van der Waals surface area (Å²) in [4.78, 5) is 17.7. The second kappa shape index (κ2) is 11.7. The van der Waals surface area contributed by atoms with E-state index in [0.717, 1.165) is 23.3 Å². The molecular weight excluding hydrogens is 574 g/mol. The van der Waals surface area contributed by atoms with Crippen molar-refractivity contribution in [2.75, 3.05) is 0 Å². The highest BCUT2D eigenvalue weighted by Crippen LogP contribution is 2.33. The summed E-state index contributed by atoms with van der Waals surface area (Å²) in [5.41, 5.74) is 2.21. The highest BCUT2D eigenvalue weighted by molar-refractivity contribution is 6.31. The molecule has 0 spiro atoms. The van der Waals surface area contributed by atoms with Gasteiger partial charge >= 0.3 is 6.18 Å². The number of carbonyl (C=O) groups is 1. The molecule has 1 heterocycles. The summed E-state index contributed by atoms with van der Waals surface area (Å²) in [5.74, 6) is -1.03. The molecule has 0 aliphatic heterocycles. The summed E-state index contributed by atoms with van der Waals surface area (Å²) in [7, 11) is 0. The van der Waals surface area contributed by atoms with Gasteiger partial charge in [-0.3, -0.25) is 4.79 Å². The van der Waals surface area contributed by atoms with Gasteiger partial charge < -0.3 is 14.9 Å². The van der Waals surface area contributed by atoms with Crippen LogP contribution in [0.15, 0.2) is 89.5 Å². The number of hydrogen-bond donors (Lipinski definition) is 2. The Bertz CT molecular complexity index is 1750. The molecule has 0 radical (unpaired) electrons. The molecule has 214 valence electrons. The normalized spacial score (nSPS) is 12.2. The number of nitrogens with zero attached hydrogens (tertiary/aromatic N) is 2. The molecule has 6 nitrogen and oxygen atoms in total. The third-order valence-electron chi connectivity index (χ3n) is 6.55. The van der Waals surface area contributed by atoms with Crippen LogP contribution in [0.1, 0.15) is 39.2 Å². The van der Waals surface area contributed by atoms with Gasteiger partial charge in [0.25, 0.3) is 5.91 Å². The molecule has 2 N–H and O–H groups in total. The van der Waals surface area contributed by atoms with Gasteiger partial charge in [-0.25, -0.2) is 4.39 Å². The number of nitrogens with one attached hydrogen (secondary N) is 1. The number of carbonyl (C=O) groups excluding carboxylic acids is 1. The molecule has 0 aliphatic carbocycles. The van der Waals surface area contributed by atoms with Crippen LogP contribution in [-0.4, -0.2) is 21.2 Å². The number of aryl methyl sites for hydroxylation is 1. The molecule has 11 heteroatoms. The van der Waals surface area contributed by atoms with E-state index in [1.807, 2.05) is 18.2 Å². The fourth-order valence-electron chi connectivity index (χ4n) is 4.43. The lowest BCUT2D eigenvalue weighted by atomic mass is 9.98. The second-order valence-corrected chi connectivity index (χ2v) is 9.95. The van der Waals surface area contributed by atoms with Gasteiger partial charge in [0.15, 0.2) is 5.82 Å². The van der Waals surface area contributed by atoms with Crippen molar-refractivity contribution in [1.29, 1.82) is 0 Å². The first-order valence-corrected chi connectivity index (χ1v) is 13.0. The maximum absolute atomic E-state index is 13.7. The summed E-state index contributed by atoms with van der Waals surface area (Å²) < 4.78 is 58.0. The van der Waals surface area contributed by atoms with Gasteiger partial charge in [0.1, 0.15) is 17.6 Å². The van der Waals surface area contributed by atoms with Crippen molar-refractivity contribution >= 4 is 17.5 Å². The number of phenols is 1. The number of benzene rings is 4. The Hall–Kier alpha value is -4.70. The molecule has 0 fully saturated rings. The van der Waals surface area contributed by atoms with E-state index in [4.69, 9.17) is 16.1 Å². The molecule has 0 aliphatic rings. The largest absolute Gasteiger partial charge is 0.507 e. The lowest BCUT2D eigenvalue weighted by Crippen LogP contribution is -2.30. The first-order valence-electron chi connectivity index (χ1n) is 12.6. The van der Waals surface area contributed by atoms with E-state index in [-0.39, 0.29) is 28.6 Å². The minimum absolute atomic E-state index is 0.0114. The number of alkyl halides is 3. The van der Waals surface area contributed by atoms with Crippen molar-refractivity contribution in [2.45, 2.75) is 25.6 Å². The molecule has 1 atom stereocenters. The molecule has 5 rings (SSSR count). The Balaban J connectivity index is 1.42. The molecular formula is C31H22ClF4N3O3. The maximum atomic E-state index is 13.7. The first kappa shape index (κ1) is 28.8. The highest BCUT2D eigenvalue weighted by atomic mass is 35.5. The molecule has 0 unspecified atom stereocenters. The minimum Gasteiger partial charge on any atom is -0.507 e. The van der Waals surface area contributed by atoms with E-state index in [2.05, 4.69) is 15.5 Å². The third kappa shape index (κ3) is 6.44. The summed E-state index contributed by atoms with van der Waals surface area (Å²) >= 11 is 5.96. The molecule has 4 aromatic carbocycles. The molecule has 1 aromatic heterocycles. The second-order valence-electron chi connectivity index (χ2n) is 9.55. The SMILES string of the molecule is Cc1noc([C@@H](Cc2cccc(-c3ccc(F)c(Cl)c3)c2)NC(=O)c2cc(-c3ccc(C(F)(F)F)cc3)ccc2O)n1. The van der Waals surface area contributed by atoms with Crippen LogP contribution < -0.4 is 5.32 Å². The minimum atomic E-state index is -4.48. The van der Waals surface area contributed by atoms with Crippen molar-refractivity contribution < 1.29 is 32.0 Å². The lowest BCUT2D eigenvalue weighted by Gasteiger charge is -2.17. The monoisotopic (exact) mass is 595 g/mol. The lowest BCUT2D eigenvalue weighted by molar-refractivity contribution is -0.137. The van der Waals surface area contributed by atoms with E-state index in [1.54, 1.807) is 19.1 Å². The van der Waals surface area contributed by atoms with Crippen molar-refractivity contribution in [3.63, 3.8) is 0 Å². The van der Waals surface area contributed by atoms with E-state index in [1.165, 1.54) is 42.5 Å². The number of aromatic nitrogens is 2. The highest BCUT2D eigenvalue weighted by Gasteiger charge is 2.30. The summed E-state index contributed by atoms with van der Waals surface area (Å²) in [6, 6.07) is 19.6. The van der Waals surface area contributed by atoms with E-state index in [0.29, 0.717) is 22.5 Å². The van der Waals surface area contributed by atoms with E-state index >= 15 is 0 Å². The van der Waals surface area contributed by atoms with Crippen molar-refractivity contribution in [3.05, 3.63) is 124 Å². The smallest absolute Gasteiger partial charge is 0.416 e. The van der Waals surface area contributed by atoms with Gasteiger partial charge in [0.05, 0.1) is 16.1 Å². The van der Waals surface area contributed by atoms with Crippen LogP contribution in [0.5, 0.6) is 5.75 Å².